The van der Waals surface area contributed by atoms with Gasteiger partial charge >= 0.3 is 10.6 Å². The first kappa shape index (κ1) is 11.9. The van der Waals surface area contributed by atoms with Crippen molar-refractivity contribution in [2.45, 2.75) is 6.04 Å². The van der Waals surface area contributed by atoms with Crippen molar-refractivity contribution in [2.24, 2.45) is 10.9 Å². The Morgan fingerprint density at radius 3 is 2.61 bits per heavy atom. The summed E-state index contributed by atoms with van der Waals surface area (Å²) in [5.41, 5.74) is -1.14. The van der Waals surface area contributed by atoms with Crippen molar-refractivity contribution in [3.05, 3.63) is 39.8 Å². The predicted octanol–water partition coefficient (Wildman–Crippen LogP) is -2.42. The molecule has 3 N–H and O–H groups in total. The molecule has 0 saturated carbocycles. The predicted molar refractivity (Wildman–Crippen MR) is 61.5 cm³/mol. The first-order chi connectivity index (χ1) is 8.45. The zero-order chi connectivity index (χ0) is 13.4. The van der Waals surface area contributed by atoms with Gasteiger partial charge in [0.25, 0.3) is 6.04 Å². The van der Waals surface area contributed by atoms with Gasteiger partial charge in [0.15, 0.2) is 0 Å². The quantitative estimate of drug-likeness (QED) is 0.346. The number of nitrogens with zero attached hydrogens (tertiary/aromatic N) is 3. The Bertz CT molecular complexity index is 743. The van der Waals surface area contributed by atoms with Crippen molar-refractivity contribution < 1.29 is 9.85 Å². The molecule has 1 atom stereocenters. The topological polar surface area (TPSA) is 158 Å². The highest BCUT2D eigenvalue weighted by molar-refractivity contribution is 7.07. The third kappa shape index (κ3) is 1.66. The van der Waals surface area contributed by atoms with Gasteiger partial charge < -0.3 is 10.8 Å². The smallest absolute Gasteiger partial charge is 0.323 e. The number of H-pyrrole nitrogens is 1. The molecule has 1 heterocycles. The summed E-state index contributed by atoms with van der Waals surface area (Å²) in [5, 5.41) is 24.8. The zero-order valence-electron chi connectivity index (χ0n) is 8.52. The van der Waals surface area contributed by atoms with Crippen LogP contribution in [0.3, 0.4) is 0 Å². The Morgan fingerprint density at radius 1 is 1.44 bits per heavy atom. The van der Waals surface area contributed by atoms with E-state index in [9.17, 15) is 25.0 Å². The molecule has 0 amide bonds. The van der Waals surface area contributed by atoms with Crippen LogP contribution in [-0.2, 0) is 0 Å². The molecule has 2 rings (SSSR count). The molecule has 1 unspecified atom stereocenters. The lowest BCUT2D eigenvalue weighted by molar-refractivity contribution is -0.487. The van der Waals surface area contributed by atoms with Crippen molar-refractivity contribution in [3.63, 3.8) is 0 Å². The first-order valence-electron chi connectivity index (χ1n) is 4.47. The highest BCUT2D eigenvalue weighted by Gasteiger charge is 2.39. The zero-order valence-corrected chi connectivity index (χ0v) is 9.34. The van der Waals surface area contributed by atoms with Gasteiger partial charge in [-0.2, -0.15) is 5.10 Å². The Hall–Kier alpha value is -2.56. The lowest BCUT2D eigenvalue weighted by atomic mass is 10.1. The van der Waals surface area contributed by atoms with Crippen LogP contribution in [0, 0.1) is 20.2 Å². The molecule has 0 radical (unpaired) electrons. The molecule has 18 heavy (non-hydrogen) atoms. The SMILES string of the molecule is NN=C1C([N+](=O)[O-])=c2[nH]c(=O)sc2=CC1[N+](=O)[O-]. The second-order valence-corrected chi connectivity index (χ2v) is 4.29. The highest BCUT2D eigenvalue weighted by Crippen LogP contribution is 2.09. The first-order valence-corrected chi connectivity index (χ1v) is 5.28. The van der Waals surface area contributed by atoms with E-state index in [1.54, 1.807) is 0 Å². The van der Waals surface area contributed by atoms with Gasteiger partial charge in [-0.1, -0.05) is 11.3 Å². The summed E-state index contributed by atoms with van der Waals surface area (Å²) >= 11 is 0.653. The van der Waals surface area contributed by atoms with E-state index >= 15 is 0 Å². The molecule has 1 aromatic rings. The van der Waals surface area contributed by atoms with Crippen molar-refractivity contribution in [1.29, 1.82) is 0 Å². The van der Waals surface area contributed by atoms with Crippen molar-refractivity contribution in [1.82, 2.24) is 4.98 Å². The molecule has 0 saturated heterocycles. The lowest BCUT2D eigenvalue weighted by Crippen LogP contribution is -2.44. The summed E-state index contributed by atoms with van der Waals surface area (Å²) in [6.07, 6.45) is 1.11. The van der Waals surface area contributed by atoms with E-state index in [0.29, 0.717) is 11.3 Å². The fraction of sp³-hybridized carbons (Fsp3) is 0.143. The number of nitrogens with two attached hydrogens (primary N) is 1. The van der Waals surface area contributed by atoms with Crippen LogP contribution < -0.4 is 20.6 Å². The maximum absolute atomic E-state index is 11.2. The van der Waals surface area contributed by atoms with Gasteiger partial charge in [0.2, 0.25) is 5.71 Å². The highest BCUT2D eigenvalue weighted by atomic mass is 32.1. The molecule has 0 bridgehead atoms. The number of aromatic amines is 1. The minimum Gasteiger partial charge on any atom is -0.323 e. The monoisotopic (exact) mass is 271 g/mol. The Morgan fingerprint density at radius 2 is 2.11 bits per heavy atom. The summed E-state index contributed by atoms with van der Waals surface area (Å²) in [6, 6.07) is -1.53. The van der Waals surface area contributed by atoms with Gasteiger partial charge in [-0.25, -0.2) is 0 Å². The number of hydrogen-bond donors (Lipinski definition) is 2. The van der Waals surface area contributed by atoms with E-state index in [4.69, 9.17) is 5.84 Å². The number of rotatable bonds is 2. The number of nitro groups is 2. The van der Waals surface area contributed by atoms with Crippen LogP contribution >= 0.6 is 11.3 Å². The molecule has 1 aliphatic carbocycles. The second kappa shape index (κ2) is 4.03. The van der Waals surface area contributed by atoms with E-state index in [1.165, 1.54) is 0 Å². The van der Waals surface area contributed by atoms with Gasteiger partial charge in [0.05, 0.1) is 9.46 Å². The third-order valence-corrected chi connectivity index (χ3v) is 3.14. The largest absolute Gasteiger partial charge is 0.324 e. The molecule has 0 fully saturated rings. The van der Waals surface area contributed by atoms with E-state index in [0.717, 1.165) is 6.08 Å². The summed E-state index contributed by atoms with van der Waals surface area (Å²) in [7, 11) is 0. The van der Waals surface area contributed by atoms with Crippen molar-refractivity contribution in [2.75, 3.05) is 0 Å². The van der Waals surface area contributed by atoms with Crippen LogP contribution in [0.2, 0.25) is 0 Å². The fourth-order valence-corrected chi connectivity index (χ4v) is 2.41. The molecular formula is C7H5N5O5S. The Labute approximate surface area is 101 Å². The Kier molecular flexibility index (Phi) is 2.67. The van der Waals surface area contributed by atoms with E-state index in [-0.39, 0.29) is 9.88 Å². The molecule has 1 aromatic heterocycles. The van der Waals surface area contributed by atoms with Crippen LogP contribution in [-0.4, -0.2) is 26.6 Å². The average molecular weight is 271 g/mol. The molecule has 94 valence electrons. The van der Waals surface area contributed by atoms with E-state index < -0.39 is 32.2 Å². The second-order valence-electron chi connectivity index (χ2n) is 3.27. The van der Waals surface area contributed by atoms with Crippen LogP contribution in [0.15, 0.2) is 9.90 Å². The fourth-order valence-electron chi connectivity index (χ4n) is 1.61. The maximum Gasteiger partial charge on any atom is 0.324 e. The van der Waals surface area contributed by atoms with Gasteiger partial charge in [0, 0.05) is 11.0 Å². The molecule has 11 heteroatoms. The van der Waals surface area contributed by atoms with E-state index in [1.807, 2.05) is 0 Å². The van der Waals surface area contributed by atoms with Crippen LogP contribution in [0.25, 0.3) is 11.8 Å². The Balaban J connectivity index is 2.94. The van der Waals surface area contributed by atoms with Gasteiger partial charge in [-0.3, -0.25) is 25.0 Å². The molecule has 10 nitrogen and oxygen atoms in total. The van der Waals surface area contributed by atoms with Gasteiger partial charge in [0.1, 0.15) is 5.35 Å². The standard InChI is InChI=1S/C7H5N5O5S/c8-10-4-2(11(14)15)1-3-5(6(4)12(16)17)9-7(13)18-3/h1-2H,8H2,(H,9,13). The molecule has 0 spiro atoms. The summed E-state index contributed by atoms with van der Waals surface area (Å²) in [5.74, 6) is 4.97. The summed E-state index contributed by atoms with van der Waals surface area (Å²) in [4.78, 5) is 33.0. The summed E-state index contributed by atoms with van der Waals surface area (Å²) < 4.78 is 0.140. The third-order valence-electron chi connectivity index (χ3n) is 2.29. The minimum absolute atomic E-state index is 0.0997. The number of thiazole rings is 1. The number of hydrogen-bond acceptors (Lipinski definition) is 8. The van der Waals surface area contributed by atoms with Gasteiger partial charge in [-0.15, -0.1) is 0 Å². The van der Waals surface area contributed by atoms with Crippen LogP contribution in [0.1, 0.15) is 0 Å². The lowest BCUT2D eigenvalue weighted by Gasteiger charge is -2.07. The van der Waals surface area contributed by atoms with Crippen molar-refractivity contribution in [3.8, 4) is 0 Å². The van der Waals surface area contributed by atoms with Crippen LogP contribution in [0.4, 0.5) is 0 Å². The molecular weight excluding hydrogens is 266 g/mol. The van der Waals surface area contributed by atoms with Crippen LogP contribution in [0.5, 0.6) is 0 Å². The molecule has 1 aliphatic rings. The minimum atomic E-state index is -1.53. The molecule has 0 aromatic carbocycles. The number of hydrazone groups is 1. The summed E-state index contributed by atoms with van der Waals surface area (Å²) in [6.45, 7) is 0. The van der Waals surface area contributed by atoms with Crippen molar-refractivity contribution >= 4 is 28.8 Å². The molecule has 0 aliphatic heterocycles. The number of aromatic nitrogens is 1. The van der Waals surface area contributed by atoms with Gasteiger partial charge in [-0.05, 0) is 0 Å². The number of fused-ring (bicyclic) bond motifs is 1. The maximum atomic E-state index is 11.2. The number of nitrogens with one attached hydrogen (secondary N) is 1. The normalized spacial score (nSPS) is 20.3. The average Bonchev–Trinajstić information content (AvgIpc) is 2.65. The van der Waals surface area contributed by atoms with E-state index in [2.05, 4.69) is 10.1 Å².